The molecule has 0 saturated carbocycles. The van der Waals surface area contributed by atoms with Crippen LogP contribution >= 0.6 is 68.0 Å². The van der Waals surface area contributed by atoms with E-state index in [1.165, 1.54) is 18.8 Å². The highest BCUT2D eigenvalue weighted by Crippen LogP contribution is 2.54. The molecule has 0 N–H and O–H groups in total. The van der Waals surface area contributed by atoms with Crippen LogP contribution in [0.2, 0.25) is 33.2 Å². The van der Waals surface area contributed by atoms with Gasteiger partial charge in [-0.05, 0) is 79.9 Å². The number of esters is 1. The fourth-order valence-corrected chi connectivity index (χ4v) is 36.4. The van der Waals surface area contributed by atoms with Gasteiger partial charge in [-0.15, -0.1) is 68.0 Å². The van der Waals surface area contributed by atoms with Gasteiger partial charge in [-0.2, -0.15) is 0 Å². The van der Waals surface area contributed by atoms with Gasteiger partial charge in [0.15, 0.2) is 5.78 Å². The fraction of sp³-hybridized carbons (Fsp3) is 0.535. The smallest absolute Gasteiger partial charge is 0.341 e. The first-order valence-electron chi connectivity index (χ1n) is 19.8. The molecule has 11 heteroatoms. The minimum absolute atomic E-state index is 0.166. The fourth-order valence-electron chi connectivity index (χ4n) is 10.3. The van der Waals surface area contributed by atoms with Gasteiger partial charge in [0.05, 0.1) is 36.9 Å². The molecular formula is C43H58O3S6Si2. The standard InChI is InChI=1S/C43H58O3S6Si2/c1-15-17-28(44)37-39(33-18-29-31(47-33)20-35(49-29)53(22(3)4,23(5)6)24(7)8)51-42-38(43(45)46-16-2)40(52-41(37)42)34-19-30-32(48-34)21-36(50-30)54(25(9)10,26(11)12)27(13)14/h18-27H,15-17H2,1-14H3. The third-order valence-corrected chi connectivity index (χ3v) is 35.5. The molecule has 0 unspecified atom stereocenters. The lowest BCUT2D eigenvalue weighted by molar-refractivity contribution is 0.0530. The van der Waals surface area contributed by atoms with Crippen molar-refractivity contribution < 1.29 is 14.3 Å². The van der Waals surface area contributed by atoms with Crippen molar-refractivity contribution in [2.75, 3.05) is 6.61 Å². The maximum absolute atomic E-state index is 14.1. The number of rotatable bonds is 15. The molecule has 0 atom stereocenters. The highest BCUT2D eigenvalue weighted by Gasteiger charge is 2.47. The molecule has 0 amide bonds. The number of ether oxygens (including phenoxy) is 1. The minimum atomic E-state index is -1.78. The third-order valence-electron chi connectivity index (χ3n) is 12.2. The normalized spacial score (nSPS) is 13.3. The Bertz CT molecular complexity index is 2030. The Kier molecular flexibility index (Phi) is 12.5. The van der Waals surface area contributed by atoms with Crippen LogP contribution in [0.4, 0.5) is 0 Å². The summed E-state index contributed by atoms with van der Waals surface area (Å²) in [5, 5.41) is 0. The van der Waals surface area contributed by atoms with Crippen molar-refractivity contribution in [2.24, 2.45) is 0 Å². The first kappa shape index (κ1) is 42.2. The zero-order chi connectivity index (χ0) is 39.6. The number of Topliss-reactive ketones (excluding diaryl/α,β-unsaturated/α-hetero) is 1. The number of ketones is 1. The molecule has 0 fully saturated rings. The van der Waals surface area contributed by atoms with E-state index in [4.69, 9.17) is 4.74 Å². The highest BCUT2D eigenvalue weighted by molar-refractivity contribution is 7.40. The molecule has 0 aliphatic carbocycles. The van der Waals surface area contributed by atoms with Crippen LogP contribution in [0.25, 0.3) is 47.7 Å². The van der Waals surface area contributed by atoms with Gasteiger partial charge in [-0.25, -0.2) is 4.79 Å². The molecule has 6 aromatic rings. The average molecular weight is 872 g/mol. The van der Waals surface area contributed by atoms with Crippen LogP contribution in [0.3, 0.4) is 0 Å². The number of thiophene rings is 6. The van der Waals surface area contributed by atoms with E-state index in [2.05, 4.69) is 114 Å². The summed E-state index contributed by atoms with van der Waals surface area (Å²) in [6.45, 7) is 33.4. The molecule has 6 heterocycles. The zero-order valence-corrected chi connectivity index (χ0v) is 41.5. The predicted octanol–water partition coefficient (Wildman–Crippen LogP) is 15.8. The maximum atomic E-state index is 14.1. The number of carbonyl (C=O) groups is 2. The van der Waals surface area contributed by atoms with Crippen LogP contribution in [0.1, 0.15) is 130 Å². The monoisotopic (exact) mass is 870 g/mol. The van der Waals surface area contributed by atoms with E-state index in [0.717, 1.165) is 40.9 Å². The number of hydrogen-bond donors (Lipinski definition) is 0. The SMILES string of the molecule is CCCC(=O)c1c(-c2cc3sc([Si](C(C)C)(C(C)C)C(C)C)cc3s2)sc2c(C(=O)OCC)c(-c3cc4sc([Si](C(C)C)(C(C)C)C(C)C)cc4s3)sc12. The third kappa shape index (κ3) is 6.66. The van der Waals surface area contributed by atoms with Crippen LogP contribution in [0, 0.1) is 0 Å². The molecule has 6 aromatic heterocycles. The summed E-state index contributed by atoms with van der Waals surface area (Å²) in [4.78, 5) is 32.3. The molecule has 0 aliphatic rings. The highest BCUT2D eigenvalue weighted by atomic mass is 32.1. The van der Waals surface area contributed by atoms with Crippen LogP contribution in [0.15, 0.2) is 24.3 Å². The molecule has 0 aromatic carbocycles. The van der Waals surface area contributed by atoms with E-state index in [1.54, 1.807) is 43.0 Å². The summed E-state index contributed by atoms with van der Waals surface area (Å²) in [6.07, 6.45) is 1.27. The molecular weight excluding hydrogens is 813 g/mol. The van der Waals surface area contributed by atoms with E-state index < -0.39 is 16.1 Å². The van der Waals surface area contributed by atoms with Crippen molar-refractivity contribution in [1.82, 2.24) is 0 Å². The average Bonchev–Trinajstić information content (AvgIpc) is 3.88. The minimum Gasteiger partial charge on any atom is -0.462 e. The molecule has 6 rings (SSSR count). The van der Waals surface area contributed by atoms with Crippen molar-refractivity contribution in [1.29, 1.82) is 0 Å². The molecule has 0 aliphatic heterocycles. The molecule has 3 nitrogen and oxygen atoms in total. The Morgan fingerprint density at radius 3 is 1.26 bits per heavy atom. The van der Waals surface area contributed by atoms with Crippen LogP contribution < -0.4 is 9.00 Å². The summed E-state index contributed by atoms with van der Waals surface area (Å²) in [5.41, 5.74) is 5.33. The number of carbonyl (C=O) groups excluding carboxylic acids is 2. The quantitative estimate of drug-likeness (QED) is 0.0587. The Labute approximate surface area is 349 Å². The topological polar surface area (TPSA) is 43.4 Å². The van der Waals surface area contributed by atoms with E-state index in [0.29, 0.717) is 51.8 Å². The first-order chi connectivity index (χ1) is 25.5. The lowest BCUT2D eigenvalue weighted by atomic mass is 10.1. The number of fused-ring (bicyclic) bond motifs is 3. The predicted molar refractivity (Wildman–Crippen MR) is 254 cm³/mol. The van der Waals surface area contributed by atoms with E-state index in [-0.39, 0.29) is 11.8 Å². The molecule has 0 saturated heterocycles. The van der Waals surface area contributed by atoms with E-state index in [1.807, 2.05) is 40.9 Å². The van der Waals surface area contributed by atoms with Crippen molar-refractivity contribution in [3.63, 3.8) is 0 Å². The van der Waals surface area contributed by atoms with Crippen molar-refractivity contribution in [3.05, 3.63) is 35.4 Å². The lowest BCUT2D eigenvalue weighted by Crippen LogP contribution is -2.54. The molecule has 0 bridgehead atoms. The van der Waals surface area contributed by atoms with Gasteiger partial charge in [-0.1, -0.05) is 90.0 Å². The molecule has 0 spiro atoms. The summed E-state index contributed by atoms with van der Waals surface area (Å²) >= 11 is 10.8. The van der Waals surface area contributed by atoms with Gasteiger partial charge in [0.2, 0.25) is 0 Å². The summed E-state index contributed by atoms with van der Waals surface area (Å²) in [5.74, 6) is -0.127. The van der Waals surface area contributed by atoms with Crippen LogP contribution in [0.5, 0.6) is 0 Å². The largest absolute Gasteiger partial charge is 0.462 e. The van der Waals surface area contributed by atoms with Crippen LogP contribution in [-0.4, -0.2) is 34.5 Å². The van der Waals surface area contributed by atoms with Gasteiger partial charge in [-0.3, -0.25) is 4.79 Å². The van der Waals surface area contributed by atoms with Crippen molar-refractivity contribution in [2.45, 2.75) is 143 Å². The lowest BCUT2D eigenvalue weighted by Gasteiger charge is -2.42. The molecule has 54 heavy (non-hydrogen) atoms. The van der Waals surface area contributed by atoms with Gasteiger partial charge in [0.25, 0.3) is 0 Å². The Morgan fingerprint density at radius 1 is 0.537 bits per heavy atom. The molecule has 292 valence electrons. The number of hydrogen-bond acceptors (Lipinski definition) is 9. The molecule has 0 radical (unpaired) electrons. The van der Waals surface area contributed by atoms with E-state index >= 15 is 0 Å². The maximum Gasteiger partial charge on any atom is 0.341 e. The summed E-state index contributed by atoms with van der Waals surface area (Å²) < 4.78 is 16.0. The summed E-state index contributed by atoms with van der Waals surface area (Å²) in [6, 6.07) is 9.62. The second-order valence-electron chi connectivity index (χ2n) is 16.9. The summed E-state index contributed by atoms with van der Waals surface area (Å²) in [7, 11) is -3.56. The van der Waals surface area contributed by atoms with Gasteiger partial charge >= 0.3 is 5.97 Å². The Morgan fingerprint density at radius 2 is 0.907 bits per heavy atom. The Hall–Kier alpha value is -1.45. The van der Waals surface area contributed by atoms with Gasteiger partial charge < -0.3 is 4.74 Å². The van der Waals surface area contributed by atoms with Crippen LogP contribution in [-0.2, 0) is 4.74 Å². The van der Waals surface area contributed by atoms with Gasteiger partial charge in [0, 0.05) is 35.0 Å². The van der Waals surface area contributed by atoms with Gasteiger partial charge in [0.1, 0.15) is 16.1 Å². The second kappa shape index (κ2) is 16.1. The zero-order valence-electron chi connectivity index (χ0n) is 34.6. The second-order valence-corrected chi connectivity index (χ2v) is 35.7. The van der Waals surface area contributed by atoms with E-state index in [9.17, 15) is 9.59 Å². The van der Waals surface area contributed by atoms with Crippen molar-refractivity contribution >= 4 is 133 Å². The van der Waals surface area contributed by atoms with Crippen molar-refractivity contribution in [3.8, 4) is 19.5 Å². The Balaban J connectivity index is 1.52. The first-order valence-corrected chi connectivity index (χ1v) is 29.2.